The summed E-state index contributed by atoms with van der Waals surface area (Å²) in [7, 11) is 1.57. The fourth-order valence-electron chi connectivity index (χ4n) is 2.34. The average Bonchev–Trinajstić information content (AvgIpc) is 3.14. The number of thiazole rings is 1. The van der Waals surface area contributed by atoms with Gasteiger partial charge in [0.2, 0.25) is 0 Å². The fourth-order valence-corrected chi connectivity index (χ4v) is 3.24. The second kappa shape index (κ2) is 6.44. The molecule has 3 rings (SSSR count). The van der Waals surface area contributed by atoms with Crippen LogP contribution in [0.3, 0.4) is 0 Å². The van der Waals surface area contributed by atoms with Gasteiger partial charge in [-0.15, -0.1) is 0 Å². The van der Waals surface area contributed by atoms with Crippen LogP contribution in [0, 0.1) is 6.92 Å². The van der Waals surface area contributed by atoms with Crippen LogP contribution in [0.2, 0.25) is 0 Å². The van der Waals surface area contributed by atoms with Gasteiger partial charge in [-0.1, -0.05) is 44.2 Å². The SMILES string of the molecule is Cc1cccc(-n2nnn(C)c2=O)c1COc1nc(C(C)(C)C)cs1. The summed E-state index contributed by atoms with van der Waals surface area (Å²) < 4.78 is 8.38. The van der Waals surface area contributed by atoms with Gasteiger partial charge in [0, 0.05) is 23.4 Å². The number of aryl methyl sites for hydroxylation is 2. The molecule has 0 N–H and O–H groups in total. The average molecular weight is 359 g/mol. The maximum absolute atomic E-state index is 12.2. The van der Waals surface area contributed by atoms with Crippen molar-refractivity contribution in [2.75, 3.05) is 0 Å². The van der Waals surface area contributed by atoms with E-state index in [1.54, 1.807) is 7.05 Å². The van der Waals surface area contributed by atoms with Crippen molar-refractivity contribution >= 4 is 11.3 Å². The highest BCUT2D eigenvalue weighted by Crippen LogP contribution is 2.28. The lowest BCUT2D eigenvalue weighted by atomic mass is 9.93. The monoisotopic (exact) mass is 359 g/mol. The molecule has 0 unspecified atom stereocenters. The molecule has 2 heterocycles. The van der Waals surface area contributed by atoms with Crippen molar-refractivity contribution in [1.82, 2.24) is 24.8 Å². The van der Waals surface area contributed by atoms with Crippen molar-refractivity contribution < 1.29 is 4.74 Å². The molecular weight excluding hydrogens is 338 g/mol. The van der Waals surface area contributed by atoms with Gasteiger partial charge in [0.15, 0.2) is 0 Å². The van der Waals surface area contributed by atoms with Crippen LogP contribution in [-0.2, 0) is 19.1 Å². The van der Waals surface area contributed by atoms with Crippen LogP contribution in [0.15, 0.2) is 28.4 Å². The third kappa shape index (κ3) is 3.48. The van der Waals surface area contributed by atoms with Crippen LogP contribution in [0.1, 0.15) is 37.6 Å². The van der Waals surface area contributed by atoms with Crippen LogP contribution in [0.25, 0.3) is 5.69 Å². The van der Waals surface area contributed by atoms with Gasteiger partial charge in [-0.05, 0) is 29.0 Å². The van der Waals surface area contributed by atoms with E-state index in [1.807, 2.05) is 30.5 Å². The Bertz CT molecular complexity index is 949. The summed E-state index contributed by atoms with van der Waals surface area (Å²) in [5, 5.41) is 10.3. The first kappa shape index (κ1) is 17.3. The summed E-state index contributed by atoms with van der Waals surface area (Å²) in [5.41, 5.74) is 3.27. The Labute approximate surface area is 149 Å². The van der Waals surface area contributed by atoms with Gasteiger partial charge in [-0.2, -0.15) is 9.36 Å². The lowest BCUT2D eigenvalue weighted by Gasteiger charge is -2.14. The highest BCUT2D eigenvalue weighted by molar-refractivity contribution is 7.11. The summed E-state index contributed by atoms with van der Waals surface area (Å²) in [6.45, 7) is 8.64. The standard InChI is InChI=1S/C17H21N5O2S/c1-11-7-6-8-13(22-16(23)21(5)19-20-22)12(11)9-24-15-18-14(10-25-15)17(2,3)4/h6-8,10H,9H2,1-5H3. The first-order chi connectivity index (χ1) is 11.8. The van der Waals surface area contributed by atoms with Crippen molar-refractivity contribution in [3.8, 4) is 10.9 Å². The number of rotatable bonds is 4. The van der Waals surface area contributed by atoms with Crippen molar-refractivity contribution in [3.05, 3.63) is 50.9 Å². The van der Waals surface area contributed by atoms with Gasteiger partial charge in [0.05, 0.1) is 11.4 Å². The van der Waals surface area contributed by atoms with Gasteiger partial charge in [0.1, 0.15) is 6.61 Å². The van der Waals surface area contributed by atoms with Crippen LogP contribution in [0.5, 0.6) is 5.19 Å². The van der Waals surface area contributed by atoms with Gasteiger partial charge in [-0.3, -0.25) is 0 Å². The fraction of sp³-hybridized carbons (Fsp3) is 0.412. The molecule has 25 heavy (non-hydrogen) atoms. The Morgan fingerprint density at radius 2 is 2.00 bits per heavy atom. The largest absolute Gasteiger partial charge is 0.465 e. The lowest BCUT2D eigenvalue weighted by Crippen LogP contribution is -2.23. The third-order valence-electron chi connectivity index (χ3n) is 3.93. The first-order valence-corrected chi connectivity index (χ1v) is 8.82. The third-order valence-corrected chi connectivity index (χ3v) is 4.68. The second-order valence-corrected chi connectivity index (χ2v) is 7.73. The molecule has 3 aromatic rings. The molecule has 0 saturated heterocycles. The molecule has 0 aliphatic rings. The zero-order chi connectivity index (χ0) is 18.2. The van der Waals surface area contributed by atoms with Gasteiger partial charge in [-0.25, -0.2) is 9.78 Å². The van der Waals surface area contributed by atoms with Gasteiger partial charge in [0.25, 0.3) is 5.19 Å². The molecule has 0 fully saturated rings. The van der Waals surface area contributed by atoms with E-state index in [9.17, 15) is 4.79 Å². The molecule has 132 valence electrons. The minimum absolute atomic E-state index is 0.0150. The Balaban J connectivity index is 1.89. The number of nitrogens with zero attached hydrogens (tertiary/aromatic N) is 5. The van der Waals surface area contributed by atoms with E-state index in [-0.39, 0.29) is 11.1 Å². The van der Waals surface area contributed by atoms with Crippen molar-refractivity contribution in [2.45, 2.75) is 39.7 Å². The Kier molecular flexibility index (Phi) is 4.47. The molecule has 0 aliphatic heterocycles. The normalized spacial score (nSPS) is 11.7. The summed E-state index contributed by atoms with van der Waals surface area (Å²) >= 11 is 1.48. The lowest BCUT2D eigenvalue weighted by molar-refractivity contribution is 0.301. The summed E-state index contributed by atoms with van der Waals surface area (Å²) in [6, 6.07) is 5.70. The van der Waals surface area contributed by atoms with E-state index >= 15 is 0 Å². The molecule has 0 radical (unpaired) electrons. The van der Waals surface area contributed by atoms with Gasteiger partial charge >= 0.3 is 5.69 Å². The molecule has 7 nitrogen and oxygen atoms in total. The molecule has 0 atom stereocenters. The molecule has 2 aromatic heterocycles. The Morgan fingerprint density at radius 1 is 1.24 bits per heavy atom. The number of tetrazole rings is 1. The van der Waals surface area contributed by atoms with E-state index in [0.29, 0.717) is 17.5 Å². The van der Waals surface area contributed by atoms with Crippen LogP contribution < -0.4 is 10.4 Å². The quantitative estimate of drug-likeness (QED) is 0.716. The maximum atomic E-state index is 12.2. The van der Waals surface area contributed by atoms with Crippen molar-refractivity contribution in [3.63, 3.8) is 0 Å². The van der Waals surface area contributed by atoms with Crippen molar-refractivity contribution in [2.24, 2.45) is 7.05 Å². The molecule has 1 aromatic carbocycles. The predicted molar refractivity (Wildman–Crippen MR) is 96.5 cm³/mol. The highest BCUT2D eigenvalue weighted by Gasteiger charge is 2.19. The van der Waals surface area contributed by atoms with Crippen LogP contribution in [-0.4, -0.2) is 24.8 Å². The number of hydrogen-bond donors (Lipinski definition) is 0. The summed E-state index contributed by atoms with van der Waals surface area (Å²) in [6.07, 6.45) is 0. The minimum Gasteiger partial charge on any atom is -0.465 e. The number of aromatic nitrogens is 5. The Morgan fingerprint density at radius 3 is 2.60 bits per heavy atom. The van der Waals surface area contributed by atoms with E-state index in [1.165, 1.54) is 20.7 Å². The van der Waals surface area contributed by atoms with E-state index < -0.39 is 0 Å². The minimum atomic E-state index is -0.295. The topological polar surface area (TPSA) is 74.8 Å². The maximum Gasteiger partial charge on any atom is 0.368 e. The molecule has 0 saturated carbocycles. The van der Waals surface area contributed by atoms with Crippen LogP contribution in [0.4, 0.5) is 0 Å². The Hall–Kier alpha value is -2.48. The molecule has 8 heteroatoms. The molecule has 0 spiro atoms. The molecular formula is C17H21N5O2S. The highest BCUT2D eigenvalue weighted by atomic mass is 32.1. The van der Waals surface area contributed by atoms with E-state index in [0.717, 1.165) is 16.8 Å². The number of ether oxygens (including phenoxy) is 1. The zero-order valence-electron chi connectivity index (χ0n) is 15.0. The summed E-state index contributed by atoms with van der Waals surface area (Å²) in [4.78, 5) is 16.7. The molecule has 0 amide bonds. The van der Waals surface area contributed by atoms with Crippen molar-refractivity contribution in [1.29, 1.82) is 0 Å². The first-order valence-electron chi connectivity index (χ1n) is 7.94. The van der Waals surface area contributed by atoms with E-state index in [4.69, 9.17) is 4.74 Å². The van der Waals surface area contributed by atoms with Gasteiger partial charge < -0.3 is 4.74 Å². The van der Waals surface area contributed by atoms with E-state index in [2.05, 4.69) is 36.2 Å². The molecule has 0 aliphatic carbocycles. The summed E-state index contributed by atoms with van der Waals surface area (Å²) in [5.74, 6) is 0. The smallest absolute Gasteiger partial charge is 0.368 e. The van der Waals surface area contributed by atoms with Crippen LogP contribution >= 0.6 is 11.3 Å². The predicted octanol–water partition coefficient (Wildman–Crippen LogP) is 2.61. The number of benzene rings is 1. The molecule has 0 bridgehead atoms. The second-order valence-electron chi connectivity index (χ2n) is 6.91. The zero-order valence-corrected chi connectivity index (χ0v) is 15.8. The number of hydrogen-bond acceptors (Lipinski definition) is 6.